The second-order valence-corrected chi connectivity index (χ2v) is 9.71. The Morgan fingerprint density at radius 1 is 0.704 bits per heavy atom. The molecule has 0 aliphatic rings. The smallest absolute Gasteiger partial charge is 0.0525 e. The van der Waals surface area contributed by atoms with Gasteiger partial charge in [0, 0.05) is 31.1 Å². The normalized spacial score (nSPS) is 11.1. The van der Waals surface area contributed by atoms with Gasteiger partial charge < -0.3 is 10.2 Å². The van der Waals surface area contributed by atoms with Gasteiger partial charge in [0.2, 0.25) is 0 Å². The van der Waals surface area contributed by atoms with Crippen LogP contribution in [0.25, 0.3) is 0 Å². The molecule has 0 heterocycles. The summed E-state index contributed by atoms with van der Waals surface area (Å²) in [5.74, 6) is 1.49. The first-order chi connectivity index (χ1) is 13.2. The SMILES string of the molecule is CCCc1cc(Sc2ccc(SCCO)c(CCC)c2)ccc1SCCO. The van der Waals surface area contributed by atoms with Crippen molar-refractivity contribution >= 4 is 35.3 Å². The number of aliphatic hydroxyl groups is 2. The minimum absolute atomic E-state index is 0.216. The van der Waals surface area contributed by atoms with Gasteiger partial charge in [0.05, 0.1) is 13.2 Å². The number of rotatable bonds is 12. The number of aryl methyl sites for hydroxylation is 2. The summed E-state index contributed by atoms with van der Waals surface area (Å²) < 4.78 is 0. The van der Waals surface area contributed by atoms with Gasteiger partial charge in [-0.25, -0.2) is 0 Å². The molecule has 148 valence electrons. The Hall–Kier alpha value is -0.590. The van der Waals surface area contributed by atoms with E-state index in [9.17, 15) is 0 Å². The van der Waals surface area contributed by atoms with Crippen LogP contribution < -0.4 is 0 Å². The van der Waals surface area contributed by atoms with Crippen molar-refractivity contribution in [2.24, 2.45) is 0 Å². The largest absolute Gasteiger partial charge is 0.396 e. The van der Waals surface area contributed by atoms with E-state index in [0.29, 0.717) is 0 Å². The number of benzene rings is 2. The van der Waals surface area contributed by atoms with Gasteiger partial charge in [-0.1, -0.05) is 38.5 Å². The summed E-state index contributed by atoms with van der Waals surface area (Å²) in [4.78, 5) is 5.12. The Balaban J connectivity index is 2.19. The molecule has 0 saturated carbocycles. The fourth-order valence-corrected chi connectivity index (χ4v) is 5.49. The Bertz CT molecular complexity index is 644. The van der Waals surface area contributed by atoms with E-state index in [2.05, 4.69) is 50.2 Å². The highest BCUT2D eigenvalue weighted by Crippen LogP contribution is 2.35. The molecule has 5 heteroatoms. The van der Waals surface area contributed by atoms with Crippen LogP contribution in [0.5, 0.6) is 0 Å². The lowest BCUT2D eigenvalue weighted by Gasteiger charge is -2.13. The molecule has 2 N–H and O–H groups in total. The molecular formula is C22H30O2S3. The molecule has 0 atom stereocenters. The van der Waals surface area contributed by atoms with E-state index in [0.717, 1.165) is 37.2 Å². The van der Waals surface area contributed by atoms with Gasteiger partial charge in [0.15, 0.2) is 0 Å². The number of hydrogen-bond acceptors (Lipinski definition) is 5. The lowest BCUT2D eigenvalue weighted by atomic mass is 10.1. The Kier molecular flexibility index (Phi) is 10.7. The summed E-state index contributed by atoms with van der Waals surface area (Å²) in [5, 5.41) is 18.2. The predicted octanol–water partition coefficient (Wildman–Crippen LogP) is 5.91. The van der Waals surface area contributed by atoms with E-state index < -0.39 is 0 Å². The molecule has 0 radical (unpaired) electrons. The summed E-state index contributed by atoms with van der Waals surface area (Å²) in [6.45, 7) is 4.85. The van der Waals surface area contributed by atoms with Gasteiger partial charge in [-0.3, -0.25) is 0 Å². The van der Waals surface area contributed by atoms with Crippen LogP contribution in [0.1, 0.15) is 37.8 Å². The molecule has 27 heavy (non-hydrogen) atoms. The molecule has 0 bridgehead atoms. The zero-order chi connectivity index (χ0) is 19.5. The maximum Gasteiger partial charge on any atom is 0.0525 e. The predicted molar refractivity (Wildman–Crippen MR) is 121 cm³/mol. The van der Waals surface area contributed by atoms with Gasteiger partial charge >= 0.3 is 0 Å². The van der Waals surface area contributed by atoms with Crippen molar-refractivity contribution in [3.8, 4) is 0 Å². The van der Waals surface area contributed by atoms with E-state index in [1.165, 1.54) is 30.7 Å². The molecule has 0 unspecified atom stereocenters. The average Bonchev–Trinajstić information content (AvgIpc) is 2.67. The standard InChI is InChI=1S/C22H30O2S3/c1-3-5-17-15-19(7-9-21(17)25-13-11-23)27-20-8-10-22(26-14-12-24)18(16-20)6-4-2/h7-10,15-16,23-24H,3-6,11-14H2,1-2H3. The summed E-state index contributed by atoms with van der Waals surface area (Å²) >= 11 is 5.29. The van der Waals surface area contributed by atoms with Crippen molar-refractivity contribution < 1.29 is 10.2 Å². The quantitative estimate of drug-likeness (QED) is 0.416. The Morgan fingerprint density at radius 2 is 1.15 bits per heavy atom. The Labute approximate surface area is 176 Å². The van der Waals surface area contributed by atoms with Crippen LogP contribution in [-0.2, 0) is 12.8 Å². The molecule has 2 rings (SSSR count). The summed E-state index contributed by atoms with van der Waals surface area (Å²) in [7, 11) is 0. The molecule has 0 spiro atoms. The number of aliphatic hydroxyl groups excluding tert-OH is 2. The second kappa shape index (κ2) is 12.8. The minimum atomic E-state index is 0.216. The zero-order valence-corrected chi connectivity index (χ0v) is 18.7. The highest BCUT2D eigenvalue weighted by Gasteiger charge is 2.08. The summed E-state index contributed by atoms with van der Waals surface area (Å²) in [5.41, 5.74) is 2.76. The van der Waals surface area contributed by atoms with Crippen molar-refractivity contribution in [3.05, 3.63) is 47.5 Å². The van der Waals surface area contributed by atoms with Gasteiger partial charge in [0.25, 0.3) is 0 Å². The highest BCUT2D eigenvalue weighted by molar-refractivity contribution is 8.00. The van der Waals surface area contributed by atoms with Gasteiger partial charge in [-0.2, -0.15) is 0 Å². The first-order valence-electron chi connectivity index (χ1n) is 9.62. The second-order valence-electron chi connectivity index (χ2n) is 6.29. The molecule has 2 nitrogen and oxygen atoms in total. The molecule has 0 aliphatic heterocycles. The van der Waals surface area contributed by atoms with Crippen LogP contribution in [0, 0.1) is 0 Å². The van der Waals surface area contributed by atoms with Crippen LogP contribution in [-0.4, -0.2) is 34.9 Å². The van der Waals surface area contributed by atoms with Crippen molar-refractivity contribution in [1.29, 1.82) is 0 Å². The number of hydrogen-bond donors (Lipinski definition) is 2. The maximum atomic E-state index is 9.10. The van der Waals surface area contributed by atoms with E-state index >= 15 is 0 Å². The zero-order valence-electron chi connectivity index (χ0n) is 16.2. The maximum absolute atomic E-state index is 9.10. The number of thioether (sulfide) groups is 2. The van der Waals surface area contributed by atoms with E-state index in [4.69, 9.17) is 10.2 Å². The molecule has 0 aromatic heterocycles. The summed E-state index contributed by atoms with van der Waals surface area (Å²) in [6.07, 6.45) is 4.39. The molecular weight excluding hydrogens is 392 g/mol. The van der Waals surface area contributed by atoms with Crippen molar-refractivity contribution in [2.45, 2.75) is 59.1 Å². The lowest BCUT2D eigenvalue weighted by Crippen LogP contribution is -1.93. The minimum Gasteiger partial charge on any atom is -0.396 e. The fourth-order valence-electron chi connectivity index (χ4n) is 2.90. The fraction of sp³-hybridized carbons (Fsp3) is 0.455. The third kappa shape index (κ3) is 7.39. The van der Waals surface area contributed by atoms with Gasteiger partial charge in [-0.05, 0) is 60.4 Å². The molecule has 2 aromatic rings. The Morgan fingerprint density at radius 3 is 1.52 bits per heavy atom. The summed E-state index contributed by atoms with van der Waals surface area (Å²) in [6, 6.07) is 13.4. The highest BCUT2D eigenvalue weighted by atomic mass is 32.2. The van der Waals surface area contributed by atoms with E-state index in [1.807, 2.05) is 11.8 Å². The first-order valence-corrected chi connectivity index (χ1v) is 12.4. The van der Waals surface area contributed by atoms with E-state index in [-0.39, 0.29) is 13.2 Å². The van der Waals surface area contributed by atoms with Gasteiger partial charge in [0.1, 0.15) is 0 Å². The van der Waals surface area contributed by atoms with Crippen LogP contribution in [0.2, 0.25) is 0 Å². The van der Waals surface area contributed by atoms with E-state index in [1.54, 1.807) is 23.5 Å². The average molecular weight is 423 g/mol. The van der Waals surface area contributed by atoms with Crippen molar-refractivity contribution in [3.63, 3.8) is 0 Å². The van der Waals surface area contributed by atoms with Crippen LogP contribution in [0.4, 0.5) is 0 Å². The van der Waals surface area contributed by atoms with Crippen LogP contribution in [0.3, 0.4) is 0 Å². The molecule has 0 saturated heterocycles. The third-order valence-corrected chi connectivity index (χ3v) is 7.21. The van der Waals surface area contributed by atoms with Crippen LogP contribution >= 0.6 is 35.3 Å². The molecule has 2 aromatic carbocycles. The molecule has 0 aliphatic carbocycles. The lowest BCUT2D eigenvalue weighted by molar-refractivity contribution is 0.322. The van der Waals surface area contributed by atoms with Gasteiger partial charge in [-0.15, -0.1) is 23.5 Å². The van der Waals surface area contributed by atoms with Crippen molar-refractivity contribution in [1.82, 2.24) is 0 Å². The monoisotopic (exact) mass is 422 g/mol. The third-order valence-electron chi connectivity index (χ3n) is 4.04. The van der Waals surface area contributed by atoms with Crippen molar-refractivity contribution in [2.75, 3.05) is 24.7 Å². The molecule has 0 fully saturated rings. The topological polar surface area (TPSA) is 40.5 Å². The first kappa shape index (κ1) is 22.7. The molecule has 0 amide bonds. The van der Waals surface area contributed by atoms with Crippen LogP contribution in [0.15, 0.2) is 56.0 Å².